The fourth-order valence-electron chi connectivity index (χ4n) is 4.62. The number of pyridine rings is 1. The van der Waals surface area contributed by atoms with E-state index in [9.17, 15) is 21.6 Å². The average Bonchev–Trinajstić information content (AvgIpc) is 2.99. The van der Waals surface area contributed by atoms with Crippen molar-refractivity contribution in [1.29, 1.82) is 0 Å². The molecule has 6 nitrogen and oxygen atoms in total. The van der Waals surface area contributed by atoms with Crippen LogP contribution in [0.1, 0.15) is 28.9 Å². The number of anilines is 2. The largest absolute Gasteiger partial charge is 0.511 e. The van der Waals surface area contributed by atoms with E-state index >= 15 is 0 Å². The summed E-state index contributed by atoms with van der Waals surface area (Å²) in [6.45, 7) is 1.57. The van der Waals surface area contributed by atoms with Crippen molar-refractivity contribution in [2.75, 3.05) is 23.8 Å². The molecule has 4 rings (SSSR count). The van der Waals surface area contributed by atoms with Crippen LogP contribution in [-0.4, -0.2) is 42.8 Å². The van der Waals surface area contributed by atoms with Gasteiger partial charge in [0, 0.05) is 43.2 Å². The molecule has 36 heavy (non-hydrogen) atoms. The highest BCUT2D eigenvalue weighted by Crippen LogP contribution is 2.36. The van der Waals surface area contributed by atoms with Gasteiger partial charge in [-0.05, 0) is 49.1 Å². The van der Waals surface area contributed by atoms with Crippen LogP contribution in [-0.2, 0) is 29.5 Å². The first-order valence-corrected chi connectivity index (χ1v) is 13.1. The Balaban J connectivity index is 1.77. The Morgan fingerprint density at radius 1 is 1.06 bits per heavy atom. The monoisotopic (exact) mass is 518 g/mol. The van der Waals surface area contributed by atoms with Crippen molar-refractivity contribution in [2.45, 2.75) is 44.4 Å². The maximum atomic E-state index is 13.6. The smallest absolute Gasteiger partial charge is 0.388 e. The summed E-state index contributed by atoms with van der Waals surface area (Å²) in [7, 11) is -3.71. The standard InChI is InChI=1S/C26H29F3N4O2S/c1-19-14-22(30-2)15-23(31-19)17-33-24(13-12-20-8-4-3-5-9-20)18-32(36(34,35)26(27,28)29)16-21-10-6-7-11-25(21)33/h3-11,14-15,24H,12-13,16-18H2,1-2H3,(H,30,31). The molecule has 1 aromatic heterocycles. The highest BCUT2D eigenvalue weighted by atomic mass is 32.2. The summed E-state index contributed by atoms with van der Waals surface area (Å²) in [5, 5.41) is 3.11. The fraction of sp³-hybridized carbons (Fsp3) is 0.346. The van der Waals surface area contributed by atoms with Crippen LogP contribution in [0, 0.1) is 6.92 Å². The number of alkyl halides is 3. The lowest BCUT2D eigenvalue weighted by molar-refractivity contribution is -0.0492. The Labute approximate surface area is 209 Å². The van der Waals surface area contributed by atoms with Gasteiger partial charge < -0.3 is 10.2 Å². The molecule has 0 spiro atoms. The van der Waals surface area contributed by atoms with E-state index in [0.29, 0.717) is 34.9 Å². The average molecular weight is 519 g/mol. The topological polar surface area (TPSA) is 65.5 Å². The predicted octanol–water partition coefficient (Wildman–Crippen LogP) is 5.10. The number of hydrogen-bond donors (Lipinski definition) is 1. The van der Waals surface area contributed by atoms with Crippen molar-refractivity contribution in [3.63, 3.8) is 0 Å². The number of halogens is 3. The number of rotatable bonds is 7. The van der Waals surface area contributed by atoms with E-state index in [4.69, 9.17) is 0 Å². The van der Waals surface area contributed by atoms with Crippen LogP contribution in [0.3, 0.4) is 0 Å². The molecule has 0 fully saturated rings. The molecular formula is C26H29F3N4O2S. The first-order valence-electron chi connectivity index (χ1n) is 11.7. The van der Waals surface area contributed by atoms with Crippen molar-refractivity contribution < 1.29 is 21.6 Å². The summed E-state index contributed by atoms with van der Waals surface area (Å²) in [6, 6.07) is 20.0. The third kappa shape index (κ3) is 5.65. The van der Waals surface area contributed by atoms with E-state index in [1.807, 2.05) is 73.5 Å². The van der Waals surface area contributed by atoms with Gasteiger partial charge in [-0.15, -0.1) is 0 Å². The molecule has 0 saturated heterocycles. The molecule has 1 N–H and O–H groups in total. The molecule has 3 aromatic rings. The van der Waals surface area contributed by atoms with Gasteiger partial charge in [-0.2, -0.15) is 17.5 Å². The van der Waals surface area contributed by atoms with Crippen LogP contribution in [0.25, 0.3) is 0 Å². The van der Waals surface area contributed by atoms with E-state index in [1.54, 1.807) is 12.1 Å². The van der Waals surface area contributed by atoms with Gasteiger partial charge in [-0.1, -0.05) is 48.5 Å². The van der Waals surface area contributed by atoms with Gasteiger partial charge in [0.15, 0.2) is 0 Å². The Kier molecular flexibility index (Phi) is 7.56. The zero-order chi connectivity index (χ0) is 25.9. The van der Waals surface area contributed by atoms with Gasteiger partial charge in [-0.3, -0.25) is 4.98 Å². The van der Waals surface area contributed by atoms with E-state index in [2.05, 4.69) is 10.3 Å². The lowest BCUT2D eigenvalue weighted by Crippen LogP contribution is -2.47. The molecule has 2 aromatic carbocycles. The number of nitrogens with zero attached hydrogens (tertiary/aromatic N) is 3. The van der Waals surface area contributed by atoms with Gasteiger partial charge in [0.2, 0.25) is 0 Å². The van der Waals surface area contributed by atoms with Crippen molar-refractivity contribution in [1.82, 2.24) is 9.29 Å². The summed E-state index contributed by atoms with van der Waals surface area (Å²) < 4.78 is 66.5. The molecule has 0 radical (unpaired) electrons. The molecule has 0 aliphatic carbocycles. The first-order chi connectivity index (χ1) is 17.1. The molecule has 1 aliphatic heterocycles. The number of para-hydroxylation sites is 1. The highest BCUT2D eigenvalue weighted by molar-refractivity contribution is 7.89. The third-order valence-corrected chi connectivity index (χ3v) is 7.91. The maximum absolute atomic E-state index is 13.6. The van der Waals surface area contributed by atoms with Crippen LogP contribution in [0.5, 0.6) is 0 Å². The third-order valence-electron chi connectivity index (χ3n) is 6.37. The zero-order valence-corrected chi connectivity index (χ0v) is 21.0. The van der Waals surface area contributed by atoms with Crippen LogP contribution in [0.15, 0.2) is 66.7 Å². The van der Waals surface area contributed by atoms with Crippen molar-refractivity contribution >= 4 is 21.4 Å². The predicted molar refractivity (Wildman–Crippen MR) is 135 cm³/mol. The Hall–Kier alpha value is -3.11. The number of nitrogens with one attached hydrogen (secondary N) is 1. The number of sulfonamides is 1. The van der Waals surface area contributed by atoms with Crippen LogP contribution in [0.2, 0.25) is 0 Å². The zero-order valence-electron chi connectivity index (χ0n) is 20.2. The lowest BCUT2D eigenvalue weighted by atomic mass is 10.0. The van der Waals surface area contributed by atoms with Gasteiger partial charge in [0.25, 0.3) is 0 Å². The number of fused-ring (bicyclic) bond motifs is 1. The van der Waals surface area contributed by atoms with Gasteiger partial charge in [-0.25, -0.2) is 8.42 Å². The quantitative estimate of drug-likeness (QED) is 0.471. The molecule has 10 heteroatoms. The number of hydrogen-bond acceptors (Lipinski definition) is 5. The fourth-order valence-corrected chi connectivity index (χ4v) is 5.59. The molecule has 2 heterocycles. The minimum absolute atomic E-state index is 0.284. The Morgan fingerprint density at radius 2 is 1.75 bits per heavy atom. The summed E-state index contributed by atoms with van der Waals surface area (Å²) in [4.78, 5) is 6.65. The molecule has 0 amide bonds. The summed E-state index contributed by atoms with van der Waals surface area (Å²) in [5.41, 5.74) is -0.679. The Morgan fingerprint density at radius 3 is 2.44 bits per heavy atom. The molecule has 1 atom stereocenters. The normalized spacial score (nSPS) is 16.9. The van der Waals surface area contributed by atoms with Crippen molar-refractivity contribution in [3.05, 3.63) is 89.2 Å². The van der Waals surface area contributed by atoms with Crippen molar-refractivity contribution in [3.8, 4) is 0 Å². The second-order valence-electron chi connectivity index (χ2n) is 8.92. The van der Waals surface area contributed by atoms with E-state index < -0.39 is 21.6 Å². The van der Waals surface area contributed by atoms with Crippen LogP contribution >= 0.6 is 0 Å². The summed E-state index contributed by atoms with van der Waals surface area (Å²) in [6.07, 6.45) is 1.06. The first kappa shape index (κ1) is 26.0. The molecular weight excluding hydrogens is 489 g/mol. The van der Waals surface area contributed by atoms with Crippen LogP contribution in [0.4, 0.5) is 24.5 Å². The molecule has 1 aliphatic rings. The van der Waals surface area contributed by atoms with Crippen LogP contribution < -0.4 is 10.2 Å². The molecule has 192 valence electrons. The number of aryl methyl sites for hydroxylation is 2. The van der Waals surface area contributed by atoms with Gasteiger partial charge >= 0.3 is 15.5 Å². The lowest BCUT2D eigenvalue weighted by Gasteiger charge is -2.34. The van der Waals surface area contributed by atoms with E-state index in [-0.39, 0.29) is 13.1 Å². The minimum atomic E-state index is -5.51. The molecule has 1 unspecified atom stereocenters. The molecule has 0 saturated carbocycles. The van der Waals surface area contributed by atoms with Gasteiger partial charge in [0.05, 0.1) is 12.2 Å². The highest BCUT2D eigenvalue weighted by Gasteiger charge is 2.51. The summed E-state index contributed by atoms with van der Waals surface area (Å²) in [5.74, 6) is 0. The van der Waals surface area contributed by atoms with Gasteiger partial charge in [0.1, 0.15) is 0 Å². The van der Waals surface area contributed by atoms with Crippen molar-refractivity contribution in [2.24, 2.45) is 0 Å². The minimum Gasteiger partial charge on any atom is -0.388 e. The number of benzene rings is 2. The number of aromatic nitrogens is 1. The van der Waals surface area contributed by atoms with E-state index in [1.165, 1.54) is 0 Å². The summed E-state index contributed by atoms with van der Waals surface area (Å²) >= 11 is 0. The second kappa shape index (κ2) is 10.5. The SMILES string of the molecule is CNc1cc(C)nc(CN2c3ccccc3CN(S(=O)(=O)C(F)(F)F)CC2CCc2ccccc2)c1. The maximum Gasteiger partial charge on any atom is 0.511 e. The second-order valence-corrected chi connectivity index (χ2v) is 10.8. The Bertz CT molecular complexity index is 1300. The van der Waals surface area contributed by atoms with E-state index in [0.717, 1.165) is 22.6 Å². The molecule has 0 bridgehead atoms.